The van der Waals surface area contributed by atoms with E-state index in [-0.39, 0.29) is 11.3 Å². The van der Waals surface area contributed by atoms with Crippen molar-refractivity contribution in [3.63, 3.8) is 0 Å². The molecule has 1 amide bonds. The molecule has 0 aliphatic carbocycles. The van der Waals surface area contributed by atoms with Crippen molar-refractivity contribution in [2.24, 2.45) is 0 Å². The number of aliphatic hydroxyl groups is 2. The van der Waals surface area contributed by atoms with Crippen LogP contribution < -0.4 is 10.2 Å². The summed E-state index contributed by atoms with van der Waals surface area (Å²) in [5.41, 5.74) is -0.388. The molecule has 1 aliphatic heterocycles. The third kappa shape index (κ3) is 3.24. The molecule has 0 saturated carbocycles. The fourth-order valence-corrected chi connectivity index (χ4v) is 2.12. The number of amides is 1. The number of anilines is 2. The van der Waals surface area contributed by atoms with E-state index in [9.17, 15) is 27.5 Å². The van der Waals surface area contributed by atoms with Gasteiger partial charge < -0.3 is 20.4 Å². The van der Waals surface area contributed by atoms with Crippen LogP contribution in [0.15, 0.2) is 12.1 Å². The molecule has 0 radical (unpaired) electrons. The zero-order valence-electron chi connectivity index (χ0n) is 10.6. The Kier molecular flexibility index (Phi) is 4.06. The van der Waals surface area contributed by atoms with Gasteiger partial charge in [-0.3, -0.25) is 4.79 Å². The highest BCUT2D eigenvalue weighted by atomic mass is 19.4. The van der Waals surface area contributed by atoms with E-state index in [0.29, 0.717) is 4.90 Å². The van der Waals surface area contributed by atoms with Crippen molar-refractivity contribution < 1.29 is 32.6 Å². The quantitative estimate of drug-likeness (QED) is 0.730. The van der Waals surface area contributed by atoms with Crippen LogP contribution in [-0.4, -0.2) is 42.0 Å². The maximum absolute atomic E-state index is 14.0. The lowest BCUT2D eigenvalue weighted by atomic mass is 10.1. The Bertz CT molecular complexity index is 562. The first-order valence-corrected chi connectivity index (χ1v) is 5.98. The maximum Gasteiger partial charge on any atom is 0.405 e. The molecular formula is C12H12F4N2O3. The molecule has 0 aromatic heterocycles. The highest BCUT2D eigenvalue weighted by molar-refractivity contribution is 6.02. The molecule has 21 heavy (non-hydrogen) atoms. The number of hydrogen-bond acceptors (Lipinski definition) is 4. The smallest absolute Gasteiger partial charge is 0.395 e. The molecule has 0 saturated heterocycles. The number of benzene rings is 1. The molecule has 1 heterocycles. The molecule has 9 heteroatoms. The number of alkyl halides is 3. The van der Waals surface area contributed by atoms with Gasteiger partial charge in [0.2, 0.25) is 0 Å². The first-order chi connectivity index (χ1) is 9.73. The van der Waals surface area contributed by atoms with Gasteiger partial charge in [-0.25, -0.2) is 4.39 Å². The van der Waals surface area contributed by atoms with E-state index in [1.165, 1.54) is 0 Å². The van der Waals surface area contributed by atoms with Crippen LogP contribution in [0, 0.1) is 5.82 Å². The summed E-state index contributed by atoms with van der Waals surface area (Å²) in [6.45, 7) is -2.47. The number of nitrogens with zero attached hydrogens (tertiary/aromatic N) is 1. The lowest BCUT2D eigenvalue weighted by Gasteiger charge is -2.26. The van der Waals surface area contributed by atoms with Gasteiger partial charge in [0.1, 0.15) is 12.4 Å². The molecule has 0 spiro atoms. The zero-order valence-corrected chi connectivity index (χ0v) is 10.6. The second kappa shape index (κ2) is 5.49. The van der Waals surface area contributed by atoms with Crippen LogP contribution in [0.3, 0.4) is 0 Å². The lowest BCUT2D eigenvalue weighted by molar-refractivity contribution is -0.123. The number of aliphatic hydroxyl groups excluding tert-OH is 2. The van der Waals surface area contributed by atoms with E-state index < -0.39 is 49.4 Å². The van der Waals surface area contributed by atoms with E-state index in [4.69, 9.17) is 5.11 Å². The van der Waals surface area contributed by atoms with E-state index in [1.54, 1.807) is 0 Å². The van der Waals surface area contributed by atoms with Crippen molar-refractivity contribution in [1.29, 1.82) is 0 Å². The zero-order chi connectivity index (χ0) is 15.8. The second-order valence-corrected chi connectivity index (χ2v) is 4.54. The van der Waals surface area contributed by atoms with Crippen LogP contribution in [0.2, 0.25) is 0 Å². The molecule has 0 fully saturated rings. The Labute approximate surface area is 116 Å². The molecule has 1 aromatic carbocycles. The van der Waals surface area contributed by atoms with Crippen molar-refractivity contribution in [2.45, 2.75) is 12.3 Å². The summed E-state index contributed by atoms with van der Waals surface area (Å²) in [6, 6.07) is 1.83. The second-order valence-electron chi connectivity index (χ2n) is 4.54. The van der Waals surface area contributed by atoms with Gasteiger partial charge in [0, 0.05) is 17.8 Å². The molecule has 1 unspecified atom stereocenters. The fraction of sp³-hybridized carbons (Fsp3) is 0.417. The molecule has 1 aromatic rings. The molecule has 2 rings (SSSR count). The molecule has 116 valence electrons. The fourth-order valence-electron chi connectivity index (χ4n) is 2.12. The average molecular weight is 308 g/mol. The summed E-state index contributed by atoms with van der Waals surface area (Å²) in [5, 5.41) is 20.6. The third-order valence-electron chi connectivity index (χ3n) is 3.00. The van der Waals surface area contributed by atoms with E-state index in [1.807, 2.05) is 0 Å². The Balaban J connectivity index is 2.38. The predicted molar refractivity (Wildman–Crippen MR) is 65.3 cm³/mol. The van der Waals surface area contributed by atoms with Crippen LogP contribution in [0.25, 0.3) is 0 Å². The highest BCUT2D eigenvalue weighted by Gasteiger charge is 2.34. The summed E-state index contributed by atoms with van der Waals surface area (Å²) < 4.78 is 51.4. The lowest BCUT2D eigenvalue weighted by Crippen LogP contribution is -2.36. The topological polar surface area (TPSA) is 72.8 Å². The Morgan fingerprint density at radius 1 is 1.33 bits per heavy atom. The van der Waals surface area contributed by atoms with Gasteiger partial charge in [-0.15, -0.1) is 0 Å². The minimum Gasteiger partial charge on any atom is -0.395 e. The van der Waals surface area contributed by atoms with Gasteiger partial charge in [-0.05, 0) is 12.1 Å². The molecule has 1 aliphatic rings. The largest absolute Gasteiger partial charge is 0.405 e. The number of hydrogen-bond donors (Lipinski definition) is 3. The number of carbonyl (C=O) groups is 1. The highest BCUT2D eigenvalue weighted by Crippen LogP contribution is 2.36. The number of nitrogens with one attached hydrogen (secondary N) is 1. The minimum atomic E-state index is -4.58. The summed E-state index contributed by atoms with van der Waals surface area (Å²) in [5.74, 6) is -1.78. The maximum atomic E-state index is 14.0. The van der Waals surface area contributed by atoms with Crippen LogP contribution in [0.5, 0.6) is 0 Å². The van der Waals surface area contributed by atoms with Gasteiger partial charge in [-0.1, -0.05) is 0 Å². The number of rotatable bonds is 4. The van der Waals surface area contributed by atoms with Crippen LogP contribution in [-0.2, 0) is 4.79 Å². The van der Waals surface area contributed by atoms with Crippen molar-refractivity contribution >= 4 is 17.3 Å². The van der Waals surface area contributed by atoms with E-state index >= 15 is 0 Å². The Morgan fingerprint density at radius 3 is 2.57 bits per heavy atom. The van der Waals surface area contributed by atoms with Crippen LogP contribution in [0.1, 0.15) is 11.7 Å². The summed E-state index contributed by atoms with van der Waals surface area (Å²) >= 11 is 0. The number of fused-ring (bicyclic) bond motifs is 1. The molecule has 1 atom stereocenters. The van der Waals surface area contributed by atoms with Gasteiger partial charge in [0.15, 0.2) is 6.10 Å². The first-order valence-electron chi connectivity index (χ1n) is 5.98. The van der Waals surface area contributed by atoms with Crippen LogP contribution >= 0.6 is 0 Å². The van der Waals surface area contributed by atoms with Gasteiger partial charge in [0.05, 0.1) is 12.3 Å². The van der Waals surface area contributed by atoms with Crippen molar-refractivity contribution in [3.05, 3.63) is 23.5 Å². The first kappa shape index (κ1) is 15.5. The van der Waals surface area contributed by atoms with Crippen molar-refractivity contribution in [2.75, 3.05) is 29.9 Å². The van der Waals surface area contributed by atoms with E-state index in [0.717, 1.165) is 12.1 Å². The Morgan fingerprint density at radius 2 is 2.00 bits per heavy atom. The monoisotopic (exact) mass is 308 g/mol. The third-order valence-corrected chi connectivity index (χ3v) is 3.00. The normalized spacial score (nSPS) is 17.6. The summed E-state index contributed by atoms with van der Waals surface area (Å²) in [6.07, 6.45) is -6.12. The van der Waals surface area contributed by atoms with E-state index in [2.05, 4.69) is 5.32 Å². The minimum absolute atomic E-state index is 0.0304. The molecule has 5 nitrogen and oxygen atoms in total. The van der Waals surface area contributed by atoms with Crippen molar-refractivity contribution in [1.82, 2.24) is 0 Å². The predicted octanol–water partition coefficient (Wildman–Crippen LogP) is 1.17. The van der Waals surface area contributed by atoms with Crippen molar-refractivity contribution in [3.8, 4) is 0 Å². The van der Waals surface area contributed by atoms with Gasteiger partial charge >= 0.3 is 6.18 Å². The Hall–Kier alpha value is -1.87. The summed E-state index contributed by atoms with van der Waals surface area (Å²) in [7, 11) is 0. The number of halogens is 4. The molecular weight excluding hydrogens is 296 g/mol. The van der Waals surface area contributed by atoms with Gasteiger partial charge in [0.25, 0.3) is 5.91 Å². The molecule has 3 N–H and O–H groups in total. The SMILES string of the molecule is O=C1Nc2cc(N(CCO)CC(F)(F)F)c(F)cc2C1O. The summed E-state index contributed by atoms with van der Waals surface area (Å²) in [4.78, 5) is 11.9. The average Bonchev–Trinajstić information content (AvgIpc) is 2.63. The van der Waals surface area contributed by atoms with Crippen LogP contribution in [0.4, 0.5) is 28.9 Å². The standard InChI is InChI=1S/C12H12F4N2O3/c13-7-3-6-8(17-11(21)10(6)20)4-9(7)18(1-2-19)5-12(14,15)16/h3-4,10,19-20H,1-2,5H2,(H,17,21). The molecule has 0 bridgehead atoms. The number of carbonyl (C=O) groups excluding carboxylic acids is 1. The van der Waals surface area contributed by atoms with Gasteiger partial charge in [-0.2, -0.15) is 13.2 Å².